The molecule has 10 nitrogen and oxygen atoms in total. The van der Waals surface area contributed by atoms with Gasteiger partial charge in [-0.05, 0) is 19.4 Å². The van der Waals surface area contributed by atoms with Gasteiger partial charge in [-0.1, -0.05) is 0 Å². The van der Waals surface area contributed by atoms with Gasteiger partial charge in [-0.25, -0.2) is 10.1 Å². The van der Waals surface area contributed by atoms with Crippen LogP contribution in [-0.2, 0) is 23.6 Å². The summed E-state index contributed by atoms with van der Waals surface area (Å²) in [6, 6.07) is 3.39. The van der Waals surface area contributed by atoms with Crippen LogP contribution < -0.4 is 10.5 Å². The zero-order chi connectivity index (χ0) is 18.9. The molecule has 3 rings (SSSR count). The Morgan fingerprint density at radius 2 is 2.31 bits per heavy atom. The quantitative estimate of drug-likeness (QED) is 0.631. The number of anilines is 1. The predicted molar refractivity (Wildman–Crippen MR) is 98.3 cm³/mol. The molecule has 0 bridgehead atoms. The second-order valence-corrected chi connectivity index (χ2v) is 8.41. The van der Waals surface area contributed by atoms with Crippen molar-refractivity contribution in [1.29, 1.82) is 0 Å². The average Bonchev–Trinajstić information content (AvgIpc) is 3.11. The summed E-state index contributed by atoms with van der Waals surface area (Å²) in [7, 11) is -2.04. The molecule has 1 aliphatic rings. The first-order valence-corrected chi connectivity index (χ1v) is 10.6. The summed E-state index contributed by atoms with van der Waals surface area (Å²) in [5.74, 6) is 0.390. The number of rotatable bonds is 7. The fraction of sp³-hybridized carbons (Fsp3) is 0.538. The van der Waals surface area contributed by atoms with E-state index < -0.39 is 22.1 Å². The Morgan fingerprint density at radius 3 is 2.96 bits per heavy atom. The third-order valence-corrected chi connectivity index (χ3v) is 6.05. The first kappa shape index (κ1) is 19.5. The van der Waals surface area contributed by atoms with Crippen LogP contribution in [0.5, 0.6) is 0 Å². The lowest BCUT2D eigenvalue weighted by Gasteiger charge is -2.22. The molecule has 0 saturated heterocycles. The molecular weight excluding hydrogens is 400 g/mol. The van der Waals surface area contributed by atoms with E-state index in [1.165, 1.54) is 0 Å². The van der Waals surface area contributed by atoms with Gasteiger partial charge < -0.3 is 9.84 Å². The largest absolute Gasteiger partial charge is 0.364 e. The maximum absolute atomic E-state index is 11.6. The number of fused-ring (bicyclic) bond motifs is 1. The van der Waals surface area contributed by atoms with Crippen molar-refractivity contribution in [2.75, 3.05) is 11.9 Å². The lowest BCUT2D eigenvalue weighted by Crippen LogP contribution is -2.34. The fourth-order valence-electron chi connectivity index (χ4n) is 3.23. The topological polar surface area (TPSA) is 138 Å². The Labute approximate surface area is 154 Å². The molecule has 0 amide bonds. The predicted octanol–water partition coefficient (Wildman–Crippen LogP) is 0.894. The SMILES string of the molecule is Cc1cc2nccc(N[C@@H]3C[C@H](COS(N)(=O)=O)[C@@H](P=O)[C@H]3OP)n2n1. The summed E-state index contributed by atoms with van der Waals surface area (Å²) in [4.78, 5) is 4.25. The van der Waals surface area contributed by atoms with Gasteiger partial charge >= 0.3 is 10.3 Å². The second kappa shape index (κ2) is 7.80. The van der Waals surface area contributed by atoms with E-state index in [-0.39, 0.29) is 27.0 Å². The maximum Gasteiger partial charge on any atom is 0.333 e. The Bertz CT molecular complexity index is 907. The third-order valence-electron chi connectivity index (χ3n) is 4.31. The molecular formula is C13H19N5O5P2S. The molecule has 0 aromatic carbocycles. The van der Waals surface area contributed by atoms with Gasteiger partial charge in [0.15, 0.2) is 14.1 Å². The third kappa shape index (κ3) is 4.19. The number of nitrogens with zero attached hydrogens (tertiary/aromatic N) is 3. The molecule has 1 fully saturated rings. The molecule has 3 N–H and O–H groups in total. The molecule has 5 atom stereocenters. The first-order valence-electron chi connectivity index (χ1n) is 7.75. The molecule has 142 valence electrons. The van der Waals surface area contributed by atoms with Crippen molar-refractivity contribution in [1.82, 2.24) is 14.6 Å². The summed E-state index contributed by atoms with van der Waals surface area (Å²) in [5, 5.41) is 12.6. The Kier molecular flexibility index (Phi) is 5.86. The van der Waals surface area contributed by atoms with Crippen LogP contribution in [0.3, 0.4) is 0 Å². The second-order valence-electron chi connectivity index (χ2n) is 6.11. The van der Waals surface area contributed by atoms with Crippen LogP contribution in [0.15, 0.2) is 18.3 Å². The summed E-state index contributed by atoms with van der Waals surface area (Å²) < 4.78 is 45.6. The van der Waals surface area contributed by atoms with Gasteiger partial charge in [-0.3, -0.25) is 8.75 Å². The molecule has 26 heavy (non-hydrogen) atoms. The van der Waals surface area contributed by atoms with E-state index in [4.69, 9.17) is 13.8 Å². The lowest BCUT2D eigenvalue weighted by molar-refractivity contribution is 0.216. The molecule has 0 radical (unpaired) electrons. The summed E-state index contributed by atoms with van der Waals surface area (Å²) in [6.07, 6.45) is 1.71. The smallest absolute Gasteiger partial charge is 0.333 e. The van der Waals surface area contributed by atoms with Crippen LogP contribution in [0.1, 0.15) is 12.1 Å². The van der Waals surface area contributed by atoms with Crippen molar-refractivity contribution in [2.45, 2.75) is 31.1 Å². The van der Waals surface area contributed by atoms with Crippen LogP contribution in [0, 0.1) is 12.8 Å². The van der Waals surface area contributed by atoms with Crippen LogP contribution in [-0.4, -0.2) is 47.4 Å². The van der Waals surface area contributed by atoms with E-state index in [0.29, 0.717) is 17.9 Å². The van der Waals surface area contributed by atoms with E-state index in [1.807, 2.05) is 13.0 Å². The van der Waals surface area contributed by atoms with Crippen molar-refractivity contribution in [3.05, 3.63) is 24.0 Å². The van der Waals surface area contributed by atoms with Crippen molar-refractivity contribution in [2.24, 2.45) is 11.1 Å². The Morgan fingerprint density at radius 1 is 1.54 bits per heavy atom. The molecule has 1 unspecified atom stereocenters. The summed E-state index contributed by atoms with van der Waals surface area (Å²) in [5.41, 5.74) is 1.08. The molecule has 13 heteroatoms. The minimum atomic E-state index is -4.06. The minimum Gasteiger partial charge on any atom is -0.364 e. The highest BCUT2D eigenvalue weighted by Gasteiger charge is 2.45. The van der Waals surface area contributed by atoms with Gasteiger partial charge in [-0.2, -0.15) is 18.0 Å². The van der Waals surface area contributed by atoms with Gasteiger partial charge in [0.05, 0.1) is 30.1 Å². The molecule has 1 saturated carbocycles. The normalized spacial score (nSPS) is 26.6. The number of nitrogens with one attached hydrogen (secondary N) is 1. The van der Waals surface area contributed by atoms with E-state index in [9.17, 15) is 13.0 Å². The highest BCUT2D eigenvalue weighted by Crippen LogP contribution is 2.39. The number of hydrogen-bond acceptors (Lipinski definition) is 8. The zero-order valence-electron chi connectivity index (χ0n) is 13.8. The van der Waals surface area contributed by atoms with Gasteiger partial charge in [0.1, 0.15) is 5.82 Å². The van der Waals surface area contributed by atoms with Gasteiger partial charge in [-0.15, -0.1) is 0 Å². The van der Waals surface area contributed by atoms with Crippen molar-refractivity contribution in [3.63, 3.8) is 0 Å². The first-order chi connectivity index (χ1) is 12.3. The van der Waals surface area contributed by atoms with Crippen molar-refractivity contribution < 1.29 is 21.7 Å². The number of aryl methyl sites for hydroxylation is 1. The summed E-state index contributed by atoms with van der Waals surface area (Å²) in [6.45, 7) is 1.71. The standard InChI is InChI=1S/C13H19N5O5P2S/c1-7-4-11-15-3-2-10(18(11)17-7)16-9-5-8(6-22-26(14,20)21)13(25-19)12(9)23-24/h2-4,8-9,12-13,16H,5-6,24H2,1H3,(H2,14,20,21)/t8-,9-,12+,13-/m1/s1. The highest BCUT2D eigenvalue weighted by molar-refractivity contribution is 7.84. The Hall–Kier alpha value is -1.22. The molecule has 2 heterocycles. The minimum absolute atomic E-state index is 0.154. The van der Waals surface area contributed by atoms with E-state index >= 15 is 0 Å². The number of nitrogens with two attached hydrogens (primary N) is 1. The van der Waals surface area contributed by atoms with E-state index in [0.717, 1.165) is 5.69 Å². The molecule has 2 aromatic heterocycles. The van der Waals surface area contributed by atoms with Gasteiger partial charge in [0.25, 0.3) is 0 Å². The van der Waals surface area contributed by atoms with Gasteiger partial charge in [0, 0.05) is 27.6 Å². The zero-order valence-corrected chi connectivity index (χ0v) is 16.7. The maximum atomic E-state index is 11.6. The fourth-order valence-corrected chi connectivity index (χ4v) is 4.86. The van der Waals surface area contributed by atoms with Crippen molar-refractivity contribution >= 4 is 39.7 Å². The molecule has 0 spiro atoms. The van der Waals surface area contributed by atoms with Crippen LogP contribution >= 0.6 is 17.9 Å². The number of hydrogen-bond donors (Lipinski definition) is 2. The lowest BCUT2D eigenvalue weighted by atomic mass is 10.1. The van der Waals surface area contributed by atoms with Gasteiger partial charge in [0.2, 0.25) is 0 Å². The highest BCUT2D eigenvalue weighted by atomic mass is 32.2. The average molecular weight is 419 g/mol. The Balaban J connectivity index is 1.82. The summed E-state index contributed by atoms with van der Waals surface area (Å²) >= 11 is 0. The number of aromatic nitrogens is 3. The van der Waals surface area contributed by atoms with E-state index in [2.05, 4.69) is 24.9 Å². The monoisotopic (exact) mass is 419 g/mol. The molecule has 2 aromatic rings. The van der Waals surface area contributed by atoms with Crippen LogP contribution in [0.4, 0.5) is 5.82 Å². The van der Waals surface area contributed by atoms with Crippen LogP contribution in [0.2, 0.25) is 0 Å². The van der Waals surface area contributed by atoms with Crippen molar-refractivity contribution in [3.8, 4) is 0 Å². The van der Waals surface area contributed by atoms with E-state index in [1.54, 1.807) is 16.8 Å². The molecule has 1 aliphatic carbocycles. The van der Waals surface area contributed by atoms with Crippen LogP contribution in [0.25, 0.3) is 5.65 Å². The molecule has 0 aliphatic heterocycles.